The van der Waals surface area contributed by atoms with Gasteiger partial charge in [-0.05, 0) is 52.4 Å². The maximum Gasteiger partial charge on any atom is 0.409 e. The van der Waals surface area contributed by atoms with Crippen LogP contribution in [0.1, 0.15) is 23.4 Å². The molecule has 1 fully saturated rings. The Labute approximate surface area is 237 Å². The molecule has 3 heterocycles. The average Bonchev–Trinajstić information content (AvgIpc) is 3.27. The Kier molecular flexibility index (Phi) is 9.44. The second kappa shape index (κ2) is 12.8. The smallest absolute Gasteiger partial charge is 0.409 e. The SMILES string of the molecule is CNCC(O)COc1ccc(Cl)c(-c2nc(N[C@H]3CCN(C(=O)OC)C[C@H]3F)c(C)c(-c3c(C)noc3C)n2)c1. The molecule has 3 atom stereocenters. The molecule has 1 unspecified atom stereocenters. The maximum atomic E-state index is 15.2. The van der Waals surface area contributed by atoms with Crippen LogP contribution in [-0.4, -0.2) is 89.9 Å². The molecule has 1 saturated heterocycles. The van der Waals surface area contributed by atoms with Crippen LogP contribution in [0.5, 0.6) is 5.75 Å². The first-order valence-corrected chi connectivity index (χ1v) is 13.3. The number of carbonyl (C=O) groups is 1. The number of piperidine rings is 1. The third-order valence-corrected chi connectivity index (χ3v) is 7.10. The Bertz CT molecular complexity index is 1340. The second-order valence-electron chi connectivity index (χ2n) is 9.70. The number of nitrogens with zero attached hydrogens (tertiary/aromatic N) is 4. The number of aliphatic hydroxyl groups excluding tert-OH is 1. The molecule has 1 aliphatic rings. The zero-order chi connectivity index (χ0) is 29.0. The number of methoxy groups -OCH3 is 1. The summed E-state index contributed by atoms with van der Waals surface area (Å²) in [6.07, 6.45) is -2.25. The molecule has 1 aliphatic heterocycles. The van der Waals surface area contributed by atoms with Gasteiger partial charge in [-0.3, -0.25) is 0 Å². The average molecular weight is 577 g/mol. The van der Waals surface area contributed by atoms with Crippen LogP contribution in [0, 0.1) is 20.8 Å². The quantitative estimate of drug-likeness (QED) is 0.344. The molecule has 3 aromatic rings. The fourth-order valence-electron chi connectivity index (χ4n) is 4.63. The zero-order valence-corrected chi connectivity index (χ0v) is 23.9. The van der Waals surface area contributed by atoms with E-state index in [0.717, 1.165) is 0 Å². The van der Waals surface area contributed by atoms with Crippen molar-refractivity contribution < 1.29 is 28.3 Å². The number of amides is 1. The van der Waals surface area contributed by atoms with Crippen LogP contribution in [0.25, 0.3) is 22.6 Å². The van der Waals surface area contributed by atoms with Gasteiger partial charge in [0, 0.05) is 24.2 Å². The second-order valence-corrected chi connectivity index (χ2v) is 10.1. The summed E-state index contributed by atoms with van der Waals surface area (Å²) in [5.41, 5.74) is 3.10. The van der Waals surface area contributed by atoms with Crippen LogP contribution in [0.4, 0.5) is 15.0 Å². The lowest BCUT2D eigenvalue weighted by Gasteiger charge is -2.34. The van der Waals surface area contributed by atoms with Crippen LogP contribution < -0.4 is 15.4 Å². The molecule has 0 radical (unpaired) electrons. The number of carbonyl (C=O) groups excluding carboxylic acids is 1. The van der Waals surface area contributed by atoms with Gasteiger partial charge in [-0.15, -0.1) is 0 Å². The van der Waals surface area contributed by atoms with Crippen molar-refractivity contribution in [1.29, 1.82) is 0 Å². The summed E-state index contributed by atoms with van der Waals surface area (Å²) >= 11 is 6.59. The van der Waals surface area contributed by atoms with Crippen molar-refractivity contribution in [3.63, 3.8) is 0 Å². The maximum absolute atomic E-state index is 15.2. The number of nitrogens with one attached hydrogen (secondary N) is 2. The number of aryl methyl sites for hydroxylation is 2. The van der Waals surface area contributed by atoms with Gasteiger partial charge in [0.25, 0.3) is 0 Å². The van der Waals surface area contributed by atoms with E-state index in [9.17, 15) is 9.90 Å². The number of halogens is 2. The third kappa shape index (κ3) is 6.45. The van der Waals surface area contributed by atoms with Gasteiger partial charge in [0.15, 0.2) is 5.82 Å². The van der Waals surface area contributed by atoms with Crippen LogP contribution in [0.15, 0.2) is 22.7 Å². The normalized spacial score (nSPS) is 17.9. The van der Waals surface area contributed by atoms with E-state index in [-0.39, 0.29) is 19.0 Å². The first kappa shape index (κ1) is 29.5. The molecule has 216 valence electrons. The molecular weight excluding hydrogens is 543 g/mol. The molecule has 2 aromatic heterocycles. The highest BCUT2D eigenvalue weighted by atomic mass is 35.5. The fraction of sp³-hybridized carbons (Fsp3) is 0.481. The Balaban J connectivity index is 1.72. The monoisotopic (exact) mass is 576 g/mol. The minimum atomic E-state index is -1.35. The summed E-state index contributed by atoms with van der Waals surface area (Å²) in [7, 11) is 3.02. The van der Waals surface area contributed by atoms with Crippen LogP contribution in [0.3, 0.4) is 0 Å². The topological polar surface area (TPSA) is 135 Å². The van der Waals surface area contributed by atoms with Crippen molar-refractivity contribution in [2.75, 3.05) is 45.7 Å². The summed E-state index contributed by atoms with van der Waals surface area (Å²) in [5.74, 6) is 1.77. The Morgan fingerprint density at radius 1 is 1.32 bits per heavy atom. The first-order valence-electron chi connectivity index (χ1n) is 12.9. The minimum absolute atomic E-state index is 0.0793. The highest BCUT2D eigenvalue weighted by Crippen LogP contribution is 2.36. The molecule has 4 rings (SSSR count). The van der Waals surface area contributed by atoms with Gasteiger partial charge in [-0.25, -0.2) is 19.2 Å². The van der Waals surface area contributed by atoms with E-state index in [4.69, 9.17) is 35.6 Å². The number of aliphatic hydroxyl groups is 1. The van der Waals surface area contributed by atoms with Gasteiger partial charge < -0.3 is 34.6 Å². The Morgan fingerprint density at radius 3 is 2.75 bits per heavy atom. The van der Waals surface area contributed by atoms with E-state index in [1.54, 1.807) is 32.2 Å². The molecule has 1 amide bonds. The van der Waals surface area contributed by atoms with Crippen molar-refractivity contribution in [3.05, 3.63) is 40.2 Å². The fourth-order valence-corrected chi connectivity index (χ4v) is 4.83. The van der Waals surface area contributed by atoms with Crippen molar-refractivity contribution in [2.45, 2.75) is 45.5 Å². The molecule has 3 N–H and O–H groups in total. The lowest BCUT2D eigenvalue weighted by molar-refractivity contribution is 0.0871. The number of hydrogen-bond donors (Lipinski definition) is 3. The van der Waals surface area contributed by atoms with Gasteiger partial charge in [0.1, 0.15) is 36.2 Å². The Hall–Kier alpha value is -3.48. The standard InChI is InChI=1S/C27H34ClFN6O5/c1-14-24(23-15(2)34-40-16(23)3)32-26(19-10-18(6-7-20(19)28)39-13-17(36)11-30-4)33-25(14)31-22-8-9-35(12-21(22)29)27(37)38-5/h6-7,10,17,21-22,30,36H,8-9,11-13H2,1-5H3,(H,31,32,33)/t17?,21-,22+/m1/s1. The minimum Gasteiger partial charge on any atom is -0.491 e. The number of likely N-dealkylation sites (tertiary alicyclic amines) is 1. The summed E-state index contributed by atoms with van der Waals surface area (Å²) in [6.45, 7) is 6.15. The number of benzene rings is 1. The van der Waals surface area contributed by atoms with Crippen molar-refractivity contribution in [3.8, 4) is 28.4 Å². The van der Waals surface area contributed by atoms with Gasteiger partial charge >= 0.3 is 6.09 Å². The van der Waals surface area contributed by atoms with Gasteiger partial charge in [-0.2, -0.15) is 0 Å². The molecule has 11 nitrogen and oxygen atoms in total. The molecule has 0 bridgehead atoms. The summed E-state index contributed by atoms with van der Waals surface area (Å²) < 4.78 is 31.1. The van der Waals surface area contributed by atoms with E-state index < -0.39 is 24.4 Å². The largest absolute Gasteiger partial charge is 0.491 e. The van der Waals surface area contributed by atoms with Crippen LogP contribution >= 0.6 is 11.6 Å². The Morgan fingerprint density at radius 2 is 2.10 bits per heavy atom. The van der Waals surface area contributed by atoms with E-state index in [1.807, 2.05) is 13.8 Å². The third-order valence-electron chi connectivity index (χ3n) is 6.77. The first-order chi connectivity index (χ1) is 19.1. The summed E-state index contributed by atoms with van der Waals surface area (Å²) in [6, 6.07) is 4.47. The van der Waals surface area contributed by atoms with Crippen molar-refractivity contribution in [2.24, 2.45) is 0 Å². The number of rotatable bonds is 9. The summed E-state index contributed by atoms with van der Waals surface area (Å²) in [4.78, 5) is 22.8. The van der Waals surface area contributed by atoms with E-state index in [2.05, 4.69) is 15.8 Å². The van der Waals surface area contributed by atoms with Crippen LogP contribution in [0.2, 0.25) is 5.02 Å². The van der Waals surface area contributed by atoms with Gasteiger partial charge in [0.05, 0.1) is 41.7 Å². The number of ether oxygens (including phenoxy) is 2. The van der Waals surface area contributed by atoms with Gasteiger partial charge in [-0.1, -0.05) is 16.8 Å². The molecule has 0 saturated carbocycles. The lowest BCUT2D eigenvalue weighted by Crippen LogP contribution is -2.50. The van der Waals surface area contributed by atoms with Crippen molar-refractivity contribution >= 4 is 23.5 Å². The van der Waals surface area contributed by atoms with Gasteiger partial charge in [0.2, 0.25) is 0 Å². The molecule has 13 heteroatoms. The van der Waals surface area contributed by atoms with E-state index in [1.165, 1.54) is 12.0 Å². The highest BCUT2D eigenvalue weighted by Gasteiger charge is 2.33. The molecular formula is C27H34ClFN6O5. The number of hydrogen-bond acceptors (Lipinski definition) is 10. The number of likely N-dealkylation sites (N-methyl/N-ethyl adjacent to an activating group) is 1. The number of alkyl halides is 1. The lowest BCUT2D eigenvalue weighted by atomic mass is 10.0. The molecule has 0 spiro atoms. The van der Waals surface area contributed by atoms with E-state index in [0.29, 0.717) is 69.9 Å². The molecule has 40 heavy (non-hydrogen) atoms. The predicted molar refractivity (Wildman–Crippen MR) is 149 cm³/mol. The van der Waals surface area contributed by atoms with E-state index >= 15 is 4.39 Å². The van der Waals surface area contributed by atoms with Crippen molar-refractivity contribution in [1.82, 2.24) is 25.3 Å². The van der Waals surface area contributed by atoms with Crippen LogP contribution in [-0.2, 0) is 4.74 Å². The highest BCUT2D eigenvalue weighted by molar-refractivity contribution is 6.33. The molecule has 0 aliphatic carbocycles. The zero-order valence-electron chi connectivity index (χ0n) is 23.1. The number of anilines is 1. The predicted octanol–water partition coefficient (Wildman–Crippen LogP) is 3.93. The molecule has 1 aromatic carbocycles. The summed E-state index contributed by atoms with van der Waals surface area (Å²) in [5, 5.41) is 20.6. The number of aromatic nitrogens is 3.